The highest BCUT2D eigenvalue weighted by Gasteiger charge is 2.19. The normalized spacial score (nSPS) is 11.6. The molecule has 110 valence electrons. The van der Waals surface area contributed by atoms with Crippen molar-refractivity contribution in [1.29, 1.82) is 0 Å². The number of benzene rings is 1. The van der Waals surface area contributed by atoms with Crippen molar-refractivity contribution >= 4 is 17.5 Å². The number of methoxy groups -OCH3 is 1. The van der Waals surface area contributed by atoms with Crippen molar-refractivity contribution in [1.82, 2.24) is 5.32 Å². The molecular formula is C15H22N2O3. The predicted molar refractivity (Wildman–Crippen MR) is 78.9 cm³/mol. The van der Waals surface area contributed by atoms with Crippen LogP contribution in [0.25, 0.3) is 0 Å². The van der Waals surface area contributed by atoms with E-state index in [0.717, 1.165) is 6.42 Å². The van der Waals surface area contributed by atoms with Gasteiger partial charge in [-0.05, 0) is 25.5 Å². The van der Waals surface area contributed by atoms with Gasteiger partial charge in [-0.2, -0.15) is 0 Å². The van der Waals surface area contributed by atoms with Crippen LogP contribution in [0.4, 0.5) is 5.69 Å². The number of carbonyl (C=O) groups excluding carboxylic acids is 2. The monoisotopic (exact) mass is 278 g/mol. The van der Waals surface area contributed by atoms with E-state index >= 15 is 0 Å². The first-order valence-corrected chi connectivity index (χ1v) is 6.70. The van der Waals surface area contributed by atoms with Crippen molar-refractivity contribution in [3.05, 3.63) is 24.3 Å². The summed E-state index contributed by atoms with van der Waals surface area (Å²) in [5, 5.41) is 2.85. The Labute approximate surface area is 119 Å². The van der Waals surface area contributed by atoms with Crippen molar-refractivity contribution in [2.75, 3.05) is 18.6 Å². The van der Waals surface area contributed by atoms with Gasteiger partial charge in [0.1, 0.15) is 12.3 Å². The molecule has 20 heavy (non-hydrogen) atoms. The molecule has 2 amide bonds. The zero-order valence-corrected chi connectivity index (χ0v) is 12.5. The van der Waals surface area contributed by atoms with Crippen LogP contribution in [-0.2, 0) is 9.59 Å². The molecule has 1 aromatic rings. The van der Waals surface area contributed by atoms with Gasteiger partial charge >= 0.3 is 0 Å². The van der Waals surface area contributed by atoms with Gasteiger partial charge in [-0.15, -0.1) is 0 Å². The summed E-state index contributed by atoms with van der Waals surface area (Å²) in [5.41, 5.74) is 0.599. The van der Waals surface area contributed by atoms with E-state index < -0.39 is 0 Å². The van der Waals surface area contributed by atoms with E-state index in [4.69, 9.17) is 4.74 Å². The summed E-state index contributed by atoms with van der Waals surface area (Å²) in [4.78, 5) is 25.2. The molecule has 1 aromatic carbocycles. The molecule has 0 bridgehead atoms. The molecule has 1 atom stereocenters. The minimum Gasteiger partial charge on any atom is -0.495 e. The molecule has 0 saturated heterocycles. The zero-order chi connectivity index (χ0) is 15.1. The van der Waals surface area contributed by atoms with E-state index in [1.54, 1.807) is 18.2 Å². The minimum absolute atomic E-state index is 0.0138. The van der Waals surface area contributed by atoms with E-state index in [2.05, 4.69) is 5.32 Å². The summed E-state index contributed by atoms with van der Waals surface area (Å²) >= 11 is 0. The zero-order valence-electron chi connectivity index (χ0n) is 12.5. The largest absolute Gasteiger partial charge is 0.495 e. The number of amides is 2. The molecule has 5 nitrogen and oxygen atoms in total. The van der Waals surface area contributed by atoms with Crippen LogP contribution < -0.4 is 15.0 Å². The fourth-order valence-electron chi connectivity index (χ4n) is 1.79. The molecule has 1 rings (SSSR count). The van der Waals surface area contributed by atoms with E-state index in [1.807, 2.05) is 19.9 Å². The van der Waals surface area contributed by atoms with E-state index in [-0.39, 0.29) is 24.4 Å². The summed E-state index contributed by atoms with van der Waals surface area (Å²) < 4.78 is 5.23. The van der Waals surface area contributed by atoms with Gasteiger partial charge < -0.3 is 10.1 Å². The summed E-state index contributed by atoms with van der Waals surface area (Å²) in [6.07, 6.45) is 0.848. The lowest BCUT2D eigenvalue weighted by Crippen LogP contribution is -2.42. The van der Waals surface area contributed by atoms with Gasteiger partial charge in [0.2, 0.25) is 11.8 Å². The Balaban J connectivity index is 2.90. The fourth-order valence-corrected chi connectivity index (χ4v) is 1.79. The van der Waals surface area contributed by atoms with Crippen LogP contribution in [-0.4, -0.2) is 31.5 Å². The summed E-state index contributed by atoms with van der Waals surface area (Å²) in [6.45, 7) is 5.34. The molecule has 0 aliphatic heterocycles. The Hall–Kier alpha value is -2.04. The molecular weight excluding hydrogens is 256 g/mol. The average molecular weight is 278 g/mol. The fraction of sp³-hybridized carbons (Fsp3) is 0.467. The molecule has 0 saturated carbocycles. The highest BCUT2D eigenvalue weighted by molar-refractivity contribution is 5.98. The van der Waals surface area contributed by atoms with Crippen LogP contribution in [0.15, 0.2) is 24.3 Å². The Morgan fingerprint density at radius 2 is 2.00 bits per heavy atom. The topological polar surface area (TPSA) is 58.6 Å². The summed E-state index contributed by atoms with van der Waals surface area (Å²) in [7, 11) is 1.54. The van der Waals surface area contributed by atoms with Crippen LogP contribution in [0.2, 0.25) is 0 Å². The maximum Gasteiger partial charge on any atom is 0.240 e. The number of hydrogen-bond acceptors (Lipinski definition) is 3. The van der Waals surface area contributed by atoms with E-state index in [1.165, 1.54) is 18.9 Å². The average Bonchev–Trinajstić information content (AvgIpc) is 2.44. The first kappa shape index (κ1) is 16.0. The maximum absolute atomic E-state index is 12.0. The first-order chi connectivity index (χ1) is 9.49. The molecule has 1 unspecified atom stereocenters. The lowest BCUT2D eigenvalue weighted by Gasteiger charge is -2.23. The lowest BCUT2D eigenvalue weighted by atomic mass is 10.2. The summed E-state index contributed by atoms with van der Waals surface area (Å²) in [5.74, 6) is 0.188. The second-order valence-corrected chi connectivity index (χ2v) is 4.65. The third-order valence-electron chi connectivity index (χ3n) is 3.08. The molecule has 0 aliphatic rings. The van der Waals surface area contributed by atoms with Crippen LogP contribution in [0, 0.1) is 0 Å². The van der Waals surface area contributed by atoms with Crippen molar-refractivity contribution < 1.29 is 14.3 Å². The van der Waals surface area contributed by atoms with Gasteiger partial charge in [-0.3, -0.25) is 14.5 Å². The standard InChI is InChI=1S/C15H22N2O3/c1-5-11(2)16-15(19)10-17(12(3)18)13-8-6-7-9-14(13)20-4/h6-9,11H,5,10H2,1-4H3,(H,16,19). The molecule has 0 heterocycles. The predicted octanol–water partition coefficient (Wildman–Crippen LogP) is 1.96. The smallest absolute Gasteiger partial charge is 0.240 e. The van der Waals surface area contributed by atoms with Crippen LogP contribution in [0.3, 0.4) is 0 Å². The molecule has 0 fully saturated rings. The Bertz CT molecular complexity index is 474. The highest BCUT2D eigenvalue weighted by Crippen LogP contribution is 2.27. The molecule has 0 radical (unpaired) electrons. The Kier molecular flexibility index (Phi) is 6.03. The number of nitrogens with one attached hydrogen (secondary N) is 1. The maximum atomic E-state index is 12.0. The number of hydrogen-bond donors (Lipinski definition) is 1. The van der Waals surface area contributed by atoms with Gasteiger partial charge in [0, 0.05) is 13.0 Å². The molecule has 5 heteroatoms. The second-order valence-electron chi connectivity index (χ2n) is 4.65. The van der Waals surface area contributed by atoms with Gasteiger partial charge in [-0.1, -0.05) is 19.1 Å². The Morgan fingerprint density at radius 1 is 1.35 bits per heavy atom. The highest BCUT2D eigenvalue weighted by atomic mass is 16.5. The van der Waals surface area contributed by atoms with Crippen LogP contribution in [0.5, 0.6) is 5.75 Å². The number of anilines is 1. The number of rotatable bonds is 6. The third kappa shape index (κ3) is 4.26. The number of para-hydroxylation sites is 2. The van der Waals surface area contributed by atoms with Crippen molar-refractivity contribution in [2.45, 2.75) is 33.2 Å². The molecule has 1 N–H and O–H groups in total. The molecule has 0 aromatic heterocycles. The number of ether oxygens (including phenoxy) is 1. The number of nitrogens with zero attached hydrogens (tertiary/aromatic N) is 1. The quantitative estimate of drug-likeness (QED) is 0.865. The van der Waals surface area contributed by atoms with Crippen LogP contribution in [0.1, 0.15) is 27.2 Å². The summed E-state index contributed by atoms with van der Waals surface area (Å²) in [6, 6.07) is 7.24. The third-order valence-corrected chi connectivity index (χ3v) is 3.08. The minimum atomic E-state index is -0.200. The lowest BCUT2D eigenvalue weighted by molar-refractivity contribution is -0.123. The van der Waals surface area contributed by atoms with Gasteiger partial charge in [0.25, 0.3) is 0 Å². The second kappa shape index (κ2) is 7.53. The van der Waals surface area contributed by atoms with E-state index in [9.17, 15) is 9.59 Å². The van der Waals surface area contributed by atoms with Crippen molar-refractivity contribution in [3.8, 4) is 5.75 Å². The molecule has 0 spiro atoms. The van der Waals surface area contributed by atoms with E-state index in [0.29, 0.717) is 11.4 Å². The SMILES string of the molecule is CCC(C)NC(=O)CN(C(C)=O)c1ccccc1OC. The van der Waals surface area contributed by atoms with Gasteiger partial charge in [-0.25, -0.2) is 0 Å². The van der Waals surface area contributed by atoms with Gasteiger partial charge in [0.05, 0.1) is 12.8 Å². The van der Waals surface area contributed by atoms with Gasteiger partial charge in [0.15, 0.2) is 0 Å². The Morgan fingerprint density at radius 3 is 2.55 bits per heavy atom. The first-order valence-electron chi connectivity index (χ1n) is 6.70. The number of carbonyl (C=O) groups is 2. The van der Waals surface area contributed by atoms with Crippen molar-refractivity contribution in [3.63, 3.8) is 0 Å². The van der Waals surface area contributed by atoms with Crippen LogP contribution >= 0.6 is 0 Å². The molecule has 0 aliphatic carbocycles. The van der Waals surface area contributed by atoms with Crippen molar-refractivity contribution in [2.24, 2.45) is 0 Å².